The van der Waals surface area contributed by atoms with Gasteiger partial charge in [-0.25, -0.2) is 0 Å². The van der Waals surface area contributed by atoms with Crippen molar-refractivity contribution in [2.75, 3.05) is 0 Å². The number of hydrogen-bond donors (Lipinski definition) is 0. The summed E-state index contributed by atoms with van der Waals surface area (Å²) in [6.45, 7) is 2.37. The van der Waals surface area contributed by atoms with Crippen molar-refractivity contribution in [2.45, 2.75) is 135 Å². The van der Waals surface area contributed by atoms with Crippen LogP contribution >= 0.6 is 0 Å². The molecular formula is C26H48. The standard InChI is InChI=1S/C26H48/c1-2-3-4-14-21-25(22-15-8-5-9-16-22)26(23-17-10-6-11-18-23)24-19-12-7-13-20-24/h22-26H,2-21H2,1H3. The molecule has 0 bridgehead atoms. The summed E-state index contributed by atoms with van der Waals surface area (Å²) in [6, 6.07) is 0. The maximum atomic E-state index is 2.37. The van der Waals surface area contributed by atoms with Crippen molar-refractivity contribution in [1.29, 1.82) is 0 Å². The lowest BCUT2D eigenvalue weighted by Crippen LogP contribution is -2.37. The lowest BCUT2D eigenvalue weighted by Gasteiger charge is -2.46. The Kier molecular flexibility index (Phi) is 9.37. The molecule has 26 heavy (non-hydrogen) atoms. The first-order chi connectivity index (χ1) is 12.9. The Hall–Kier alpha value is 0. The molecule has 0 saturated heterocycles. The van der Waals surface area contributed by atoms with E-state index in [9.17, 15) is 0 Å². The summed E-state index contributed by atoms with van der Waals surface area (Å²) in [7, 11) is 0. The fourth-order valence-electron chi connectivity index (χ4n) is 7.23. The van der Waals surface area contributed by atoms with E-state index in [2.05, 4.69) is 6.92 Å². The second-order valence-corrected chi connectivity index (χ2v) is 10.3. The minimum absolute atomic E-state index is 1.10. The van der Waals surface area contributed by atoms with Gasteiger partial charge in [-0.3, -0.25) is 0 Å². The Morgan fingerprint density at radius 1 is 0.538 bits per heavy atom. The Balaban J connectivity index is 1.73. The second-order valence-electron chi connectivity index (χ2n) is 10.3. The molecule has 0 N–H and O–H groups in total. The van der Waals surface area contributed by atoms with Gasteiger partial charge in [0.2, 0.25) is 0 Å². The van der Waals surface area contributed by atoms with Crippen molar-refractivity contribution < 1.29 is 0 Å². The summed E-state index contributed by atoms with van der Waals surface area (Å²) in [5, 5.41) is 0. The average molecular weight is 361 g/mol. The molecule has 0 aromatic heterocycles. The molecule has 0 spiro atoms. The van der Waals surface area contributed by atoms with Crippen molar-refractivity contribution in [3.8, 4) is 0 Å². The first-order valence-electron chi connectivity index (χ1n) is 12.9. The molecule has 3 saturated carbocycles. The molecule has 0 amide bonds. The van der Waals surface area contributed by atoms with Crippen LogP contribution in [-0.2, 0) is 0 Å². The molecule has 0 aromatic carbocycles. The van der Waals surface area contributed by atoms with Gasteiger partial charge in [-0.1, -0.05) is 129 Å². The summed E-state index contributed by atoms with van der Waals surface area (Å²) in [5.74, 6) is 5.51. The average Bonchev–Trinajstić information content (AvgIpc) is 2.72. The summed E-state index contributed by atoms with van der Waals surface area (Å²) in [5.41, 5.74) is 0. The lowest BCUT2D eigenvalue weighted by atomic mass is 9.59. The van der Waals surface area contributed by atoms with Crippen LogP contribution in [0.1, 0.15) is 135 Å². The van der Waals surface area contributed by atoms with Gasteiger partial charge in [-0.05, 0) is 36.0 Å². The van der Waals surface area contributed by atoms with Crippen LogP contribution in [0.2, 0.25) is 0 Å². The van der Waals surface area contributed by atoms with Crippen molar-refractivity contribution in [3.63, 3.8) is 0 Å². The summed E-state index contributed by atoms with van der Waals surface area (Å²) >= 11 is 0. The van der Waals surface area contributed by atoms with E-state index < -0.39 is 0 Å². The first-order valence-corrected chi connectivity index (χ1v) is 12.9. The summed E-state index contributed by atoms with van der Waals surface area (Å²) < 4.78 is 0. The molecule has 152 valence electrons. The quantitative estimate of drug-likeness (QED) is 0.360. The zero-order valence-corrected chi connectivity index (χ0v) is 18.0. The van der Waals surface area contributed by atoms with Crippen LogP contribution < -0.4 is 0 Å². The van der Waals surface area contributed by atoms with Gasteiger partial charge in [0.1, 0.15) is 0 Å². The highest BCUT2D eigenvalue weighted by atomic mass is 14.4. The molecule has 0 radical (unpaired) electrons. The van der Waals surface area contributed by atoms with Gasteiger partial charge in [0.25, 0.3) is 0 Å². The number of unbranched alkanes of at least 4 members (excludes halogenated alkanes) is 3. The Bertz CT molecular complexity index is 323. The van der Waals surface area contributed by atoms with E-state index >= 15 is 0 Å². The molecule has 0 aromatic rings. The van der Waals surface area contributed by atoms with Crippen LogP contribution in [0.4, 0.5) is 0 Å². The minimum atomic E-state index is 1.10. The van der Waals surface area contributed by atoms with Crippen LogP contribution in [0.15, 0.2) is 0 Å². The van der Waals surface area contributed by atoms with Gasteiger partial charge in [-0.15, -0.1) is 0 Å². The third-order valence-electron chi connectivity index (χ3n) is 8.53. The highest BCUT2D eigenvalue weighted by Gasteiger charge is 2.39. The Morgan fingerprint density at radius 3 is 1.46 bits per heavy atom. The maximum Gasteiger partial charge on any atom is -0.0326 e. The van der Waals surface area contributed by atoms with Gasteiger partial charge in [0, 0.05) is 0 Å². The molecule has 0 heterocycles. The maximum absolute atomic E-state index is 2.37. The molecule has 0 nitrogen and oxygen atoms in total. The van der Waals surface area contributed by atoms with E-state index in [0.717, 1.165) is 29.6 Å². The molecule has 0 aliphatic heterocycles. The largest absolute Gasteiger partial charge is 0.0654 e. The minimum Gasteiger partial charge on any atom is -0.0654 e. The first kappa shape index (κ1) is 20.7. The molecule has 1 unspecified atom stereocenters. The van der Waals surface area contributed by atoms with Crippen LogP contribution in [0, 0.1) is 29.6 Å². The van der Waals surface area contributed by atoms with Crippen LogP contribution in [0.5, 0.6) is 0 Å². The van der Waals surface area contributed by atoms with Crippen molar-refractivity contribution >= 4 is 0 Å². The predicted octanol–water partition coefficient (Wildman–Crippen LogP) is 8.93. The Morgan fingerprint density at radius 2 is 1.00 bits per heavy atom. The van der Waals surface area contributed by atoms with Crippen LogP contribution in [-0.4, -0.2) is 0 Å². The van der Waals surface area contributed by atoms with E-state index in [0.29, 0.717) is 0 Å². The molecule has 3 aliphatic rings. The van der Waals surface area contributed by atoms with Gasteiger partial charge in [0.05, 0.1) is 0 Å². The van der Waals surface area contributed by atoms with E-state index in [1.54, 1.807) is 70.6 Å². The Labute approximate surface area is 165 Å². The highest BCUT2D eigenvalue weighted by molar-refractivity contribution is 4.89. The van der Waals surface area contributed by atoms with Crippen LogP contribution in [0.3, 0.4) is 0 Å². The number of hydrogen-bond acceptors (Lipinski definition) is 0. The molecule has 3 rings (SSSR count). The van der Waals surface area contributed by atoms with E-state index in [1.807, 2.05) is 0 Å². The second kappa shape index (κ2) is 11.8. The molecule has 3 fully saturated rings. The SMILES string of the molecule is CCCCCCC(C1CCCCC1)C(C1CCCCC1)C1CCCCC1. The van der Waals surface area contributed by atoms with Crippen molar-refractivity contribution in [1.82, 2.24) is 0 Å². The third kappa shape index (κ3) is 6.00. The highest BCUT2D eigenvalue weighted by Crippen LogP contribution is 2.49. The smallest absolute Gasteiger partial charge is 0.0326 e. The predicted molar refractivity (Wildman–Crippen MR) is 115 cm³/mol. The van der Waals surface area contributed by atoms with Gasteiger partial charge >= 0.3 is 0 Å². The number of rotatable bonds is 9. The third-order valence-corrected chi connectivity index (χ3v) is 8.53. The van der Waals surface area contributed by atoms with Gasteiger partial charge < -0.3 is 0 Å². The lowest BCUT2D eigenvalue weighted by molar-refractivity contribution is 0.0377. The topological polar surface area (TPSA) is 0 Å². The fourth-order valence-corrected chi connectivity index (χ4v) is 7.23. The molecule has 1 atom stereocenters. The van der Waals surface area contributed by atoms with Crippen molar-refractivity contribution in [3.05, 3.63) is 0 Å². The summed E-state index contributed by atoms with van der Waals surface area (Å²) in [6.07, 6.45) is 30.8. The molecule has 0 heteroatoms. The molecular weight excluding hydrogens is 312 g/mol. The fraction of sp³-hybridized carbons (Fsp3) is 1.00. The van der Waals surface area contributed by atoms with Crippen molar-refractivity contribution in [2.24, 2.45) is 29.6 Å². The van der Waals surface area contributed by atoms with E-state index in [1.165, 1.54) is 57.8 Å². The van der Waals surface area contributed by atoms with E-state index in [4.69, 9.17) is 0 Å². The van der Waals surface area contributed by atoms with Crippen LogP contribution in [0.25, 0.3) is 0 Å². The van der Waals surface area contributed by atoms with Gasteiger partial charge in [-0.2, -0.15) is 0 Å². The summed E-state index contributed by atoms with van der Waals surface area (Å²) in [4.78, 5) is 0. The zero-order valence-electron chi connectivity index (χ0n) is 18.0. The van der Waals surface area contributed by atoms with Gasteiger partial charge in [0.15, 0.2) is 0 Å². The van der Waals surface area contributed by atoms with E-state index in [-0.39, 0.29) is 0 Å². The normalized spacial score (nSPS) is 25.6. The molecule has 3 aliphatic carbocycles. The zero-order chi connectivity index (χ0) is 18.0. The monoisotopic (exact) mass is 360 g/mol.